The Morgan fingerprint density at radius 3 is 1.76 bits per heavy atom. The van der Waals surface area contributed by atoms with Gasteiger partial charge in [0.25, 0.3) is 0 Å². The van der Waals surface area contributed by atoms with Crippen molar-refractivity contribution in [3.63, 3.8) is 0 Å². The number of carbonyl (C=O) groups is 2. The topological polar surface area (TPSA) is 124 Å². The van der Waals surface area contributed by atoms with Crippen molar-refractivity contribution >= 4 is 27.6 Å². The first-order valence-electron chi connectivity index (χ1n) is 11.8. The van der Waals surface area contributed by atoms with Crippen LogP contribution in [-0.4, -0.2) is 61.4 Å². The summed E-state index contributed by atoms with van der Waals surface area (Å²) >= 11 is 0. The maximum atomic E-state index is 11.2. The SMILES string of the molecule is CCCCCCCN(CCCC)CCCCc1ccc(NS(C)(=O)=O)cc1.O=C(O)C(=O)O. The van der Waals surface area contributed by atoms with Gasteiger partial charge in [-0.2, -0.15) is 0 Å². The third kappa shape index (κ3) is 19.1. The van der Waals surface area contributed by atoms with Crippen molar-refractivity contribution in [2.24, 2.45) is 0 Å². The summed E-state index contributed by atoms with van der Waals surface area (Å²) < 4.78 is 25.0. The molecule has 33 heavy (non-hydrogen) atoms. The van der Waals surface area contributed by atoms with Crippen LogP contribution in [0.4, 0.5) is 5.69 Å². The van der Waals surface area contributed by atoms with E-state index in [9.17, 15) is 8.42 Å². The molecule has 9 heteroatoms. The Labute approximate surface area is 199 Å². The summed E-state index contributed by atoms with van der Waals surface area (Å²) in [5.41, 5.74) is 1.91. The molecule has 0 aromatic heterocycles. The van der Waals surface area contributed by atoms with Crippen LogP contribution in [0.25, 0.3) is 0 Å². The standard InChI is InChI=1S/C22H40N2O2S.C2H2O4/c1-4-6-8-9-11-19-24(18-7-5-2)20-12-10-13-21-14-16-22(17-15-21)23-27(3,25)26;3-1(4)2(5)6/h14-17,23H,4-13,18-20H2,1-3H3;(H,3,4)(H,5,6). The fourth-order valence-electron chi connectivity index (χ4n) is 3.27. The molecule has 1 aromatic rings. The fraction of sp³-hybridized carbons (Fsp3) is 0.667. The molecular formula is C24H42N2O6S. The van der Waals surface area contributed by atoms with E-state index in [4.69, 9.17) is 19.8 Å². The predicted molar refractivity (Wildman–Crippen MR) is 133 cm³/mol. The summed E-state index contributed by atoms with van der Waals surface area (Å²) in [5.74, 6) is -3.65. The molecule has 0 atom stereocenters. The lowest BCUT2D eigenvalue weighted by atomic mass is 10.1. The maximum Gasteiger partial charge on any atom is 0.414 e. The second kappa shape index (κ2) is 18.3. The number of sulfonamides is 1. The highest BCUT2D eigenvalue weighted by Crippen LogP contribution is 2.13. The van der Waals surface area contributed by atoms with Gasteiger partial charge >= 0.3 is 11.9 Å². The zero-order valence-electron chi connectivity index (χ0n) is 20.4. The van der Waals surface area contributed by atoms with Gasteiger partial charge in [0.15, 0.2) is 0 Å². The van der Waals surface area contributed by atoms with Crippen molar-refractivity contribution in [3.05, 3.63) is 29.8 Å². The van der Waals surface area contributed by atoms with Crippen molar-refractivity contribution in [2.45, 2.75) is 78.1 Å². The first kappa shape index (κ1) is 30.9. The van der Waals surface area contributed by atoms with Gasteiger partial charge in [0, 0.05) is 5.69 Å². The molecule has 0 saturated carbocycles. The van der Waals surface area contributed by atoms with Gasteiger partial charge in [0.2, 0.25) is 10.0 Å². The van der Waals surface area contributed by atoms with Gasteiger partial charge in [0.1, 0.15) is 0 Å². The summed E-state index contributed by atoms with van der Waals surface area (Å²) in [4.78, 5) is 20.8. The second-order valence-corrected chi connectivity index (χ2v) is 10.00. The molecule has 0 heterocycles. The van der Waals surface area contributed by atoms with E-state index >= 15 is 0 Å². The number of aryl methyl sites for hydroxylation is 1. The van der Waals surface area contributed by atoms with Crippen molar-refractivity contribution < 1.29 is 28.2 Å². The minimum atomic E-state index is -3.20. The zero-order valence-corrected chi connectivity index (χ0v) is 21.2. The van der Waals surface area contributed by atoms with Crippen molar-refractivity contribution in [1.29, 1.82) is 0 Å². The number of nitrogens with one attached hydrogen (secondary N) is 1. The molecule has 1 aromatic carbocycles. The lowest BCUT2D eigenvalue weighted by Crippen LogP contribution is -2.27. The molecule has 1 rings (SSSR count). The monoisotopic (exact) mass is 486 g/mol. The number of carboxylic acids is 2. The smallest absolute Gasteiger partial charge is 0.414 e. The highest BCUT2D eigenvalue weighted by Gasteiger charge is 2.06. The first-order chi connectivity index (χ1) is 15.6. The molecule has 0 amide bonds. The van der Waals surface area contributed by atoms with Gasteiger partial charge in [-0.15, -0.1) is 0 Å². The Balaban J connectivity index is 0.00000150. The minimum absolute atomic E-state index is 0.634. The number of rotatable bonds is 16. The highest BCUT2D eigenvalue weighted by molar-refractivity contribution is 7.92. The van der Waals surface area contributed by atoms with Gasteiger partial charge in [-0.3, -0.25) is 4.72 Å². The van der Waals surface area contributed by atoms with Gasteiger partial charge in [0.05, 0.1) is 6.26 Å². The predicted octanol–water partition coefficient (Wildman–Crippen LogP) is 4.61. The molecule has 0 aliphatic rings. The Bertz CT molecular complexity index is 754. The van der Waals surface area contributed by atoms with Crippen LogP contribution < -0.4 is 4.72 Å². The number of benzene rings is 1. The molecule has 0 spiro atoms. The number of aliphatic carboxylic acids is 2. The van der Waals surface area contributed by atoms with Crippen LogP contribution in [0, 0.1) is 0 Å². The average Bonchev–Trinajstić information content (AvgIpc) is 2.74. The largest absolute Gasteiger partial charge is 0.473 e. The molecule has 0 aliphatic heterocycles. The average molecular weight is 487 g/mol. The second-order valence-electron chi connectivity index (χ2n) is 8.25. The molecule has 0 fully saturated rings. The number of carboxylic acid groups (broad SMARTS) is 2. The van der Waals surface area contributed by atoms with E-state index in [0.29, 0.717) is 5.69 Å². The van der Waals surface area contributed by atoms with Gasteiger partial charge in [-0.25, -0.2) is 18.0 Å². The first-order valence-corrected chi connectivity index (χ1v) is 13.7. The van der Waals surface area contributed by atoms with E-state index in [0.717, 1.165) is 6.42 Å². The summed E-state index contributed by atoms with van der Waals surface area (Å²) in [5, 5.41) is 14.8. The lowest BCUT2D eigenvalue weighted by Gasteiger charge is -2.22. The van der Waals surface area contributed by atoms with Crippen LogP contribution in [0.5, 0.6) is 0 Å². The third-order valence-electron chi connectivity index (χ3n) is 5.04. The number of unbranched alkanes of at least 4 members (excludes halogenated alkanes) is 6. The van der Waals surface area contributed by atoms with E-state index in [2.05, 4.69) is 23.5 Å². The molecule has 0 aliphatic carbocycles. The Hall–Kier alpha value is -2.13. The molecule has 0 radical (unpaired) electrons. The molecule has 3 N–H and O–H groups in total. The number of hydrogen-bond acceptors (Lipinski definition) is 5. The van der Waals surface area contributed by atoms with E-state index < -0.39 is 22.0 Å². The van der Waals surface area contributed by atoms with Crippen LogP contribution >= 0.6 is 0 Å². The summed E-state index contributed by atoms with van der Waals surface area (Å²) in [6.07, 6.45) is 13.9. The van der Waals surface area contributed by atoms with Crippen LogP contribution in [0.2, 0.25) is 0 Å². The van der Waals surface area contributed by atoms with Crippen molar-refractivity contribution in [2.75, 3.05) is 30.6 Å². The van der Waals surface area contributed by atoms with Crippen molar-refractivity contribution in [1.82, 2.24) is 4.90 Å². The van der Waals surface area contributed by atoms with Gasteiger partial charge in [-0.05, 0) is 69.4 Å². The fourth-order valence-corrected chi connectivity index (χ4v) is 3.84. The molecule has 8 nitrogen and oxygen atoms in total. The quantitative estimate of drug-likeness (QED) is 0.230. The number of nitrogens with zero attached hydrogens (tertiary/aromatic N) is 1. The van der Waals surface area contributed by atoms with E-state index in [-0.39, 0.29) is 0 Å². The summed E-state index contributed by atoms with van der Waals surface area (Å²) in [6, 6.07) is 7.74. The number of anilines is 1. The molecule has 0 bridgehead atoms. The number of hydrogen-bond donors (Lipinski definition) is 3. The Morgan fingerprint density at radius 1 is 0.788 bits per heavy atom. The van der Waals surface area contributed by atoms with Crippen LogP contribution in [0.15, 0.2) is 24.3 Å². The van der Waals surface area contributed by atoms with Crippen LogP contribution in [-0.2, 0) is 26.0 Å². The minimum Gasteiger partial charge on any atom is -0.473 e. The van der Waals surface area contributed by atoms with Crippen LogP contribution in [0.1, 0.15) is 77.2 Å². The third-order valence-corrected chi connectivity index (χ3v) is 5.64. The van der Waals surface area contributed by atoms with E-state index in [1.54, 1.807) is 0 Å². The molecular weight excluding hydrogens is 444 g/mol. The van der Waals surface area contributed by atoms with Crippen molar-refractivity contribution in [3.8, 4) is 0 Å². The lowest BCUT2D eigenvalue weighted by molar-refractivity contribution is -0.159. The van der Waals surface area contributed by atoms with Gasteiger partial charge in [-0.1, -0.05) is 58.1 Å². The molecule has 0 unspecified atom stereocenters. The Morgan fingerprint density at radius 2 is 1.27 bits per heavy atom. The normalized spacial score (nSPS) is 11.0. The zero-order chi connectivity index (χ0) is 25.1. The van der Waals surface area contributed by atoms with Crippen LogP contribution in [0.3, 0.4) is 0 Å². The Kier molecular flexibility index (Phi) is 17.1. The summed E-state index contributed by atoms with van der Waals surface area (Å²) in [7, 11) is -3.20. The maximum absolute atomic E-state index is 11.2. The molecule has 190 valence electrons. The van der Waals surface area contributed by atoms with E-state index in [1.807, 2.05) is 24.3 Å². The van der Waals surface area contributed by atoms with E-state index in [1.165, 1.54) is 89.2 Å². The highest BCUT2D eigenvalue weighted by atomic mass is 32.2. The van der Waals surface area contributed by atoms with Gasteiger partial charge < -0.3 is 15.1 Å². The summed E-state index contributed by atoms with van der Waals surface area (Å²) in [6.45, 7) is 8.21. The molecule has 0 saturated heterocycles.